The van der Waals surface area contributed by atoms with Gasteiger partial charge in [0.05, 0.1) is 27.4 Å². The molecule has 0 spiro atoms. The van der Waals surface area contributed by atoms with E-state index in [2.05, 4.69) is 26.4 Å². The number of hydrogen-bond acceptors (Lipinski definition) is 10. The average molecular weight is 741 g/mol. The van der Waals surface area contributed by atoms with E-state index in [9.17, 15) is 24.0 Å². The predicted octanol–water partition coefficient (Wildman–Crippen LogP) is 2.67. The van der Waals surface area contributed by atoms with Crippen molar-refractivity contribution in [3.05, 3.63) is 95.2 Å². The van der Waals surface area contributed by atoms with Crippen LogP contribution in [0.5, 0.6) is 17.2 Å². The fraction of sp³-hybridized carbons (Fsp3) is 0.333. The highest BCUT2D eigenvalue weighted by molar-refractivity contribution is 6.02. The second-order valence-corrected chi connectivity index (χ2v) is 12.6. The zero-order chi connectivity index (χ0) is 38.6. The van der Waals surface area contributed by atoms with Gasteiger partial charge >= 0.3 is 0 Å². The molecule has 0 saturated heterocycles. The summed E-state index contributed by atoms with van der Waals surface area (Å²) >= 11 is 0. The molecule has 54 heavy (non-hydrogen) atoms. The number of carbonyl (C=O) groups is 5. The molecule has 2 bridgehead atoms. The Morgan fingerprint density at radius 3 is 2.20 bits per heavy atom. The van der Waals surface area contributed by atoms with Gasteiger partial charge in [0.1, 0.15) is 29.1 Å². The summed E-state index contributed by atoms with van der Waals surface area (Å²) in [6, 6.07) is 19.0. The molecule has 1 aromatic heterocycles. The third kappa shape index (κ3) is 9.73. The van der Waals surface area contributed by atoms with E-state index in [0.717, 1.165) is 5.56 Å². The highest BCUT2D eigenvalue weighted by atomic mass is 16.5. The van der Waals surface area contributed by atoms with Gasteiger partial charge in [-0.05, 0) is 38.0 Å². The number of hydrogen-bond donors (Lipinski definition) is 4. The minimum absolute atomic E-state index is 0.0522. The number of nitrogens with zero attached hydrogens (tertiary/aromatic N) is 2. The Labute approximate surface area is 312 Å². The van der Waals surface area contributed by atoms with Gasteiger partial charge in [-0.3, -0.25) is 24.0 Å². The van der Waals surface area contributed by atoms with Crippen LogP contribution in [0, 0.1) is 6.92 Å². The van der Waals surface area contributed by atoms with E-state index in [1.54, 1.807) is 19.1 Å². The van der Waals surface area contributed by atoms with Crippen molar-refractivity contribution in [1.82, 2.24) is 31.3 Å². The first-order valence-corrected chi connectivity index (χ1v) is 17.5. The van der Waals surface area contributed by atoms with Gasteiger partial charge in [-0.2, -0.15) is 0 Å². The van der Waals surface area contributed by atoms with Crippen molar-refractivity contribution < 1.29 is 42.7 Å². The average Bonchev–Trinajstić information content (AvgIpc) is 3.57. The van der Waals surface area contributed by atoms with Crippen LogP contribution in [0.15, 0.2) is 77.3 Å². The third-order valence-corrected chi connectivity index (χ3v) is 8.70. The van der Waals surface area contributed by atoms with E-state index >= 15 is 0 Å². The lowest BCUT2D eigenvalue weighted by Crippen LogP contribution is -2.54. The number of aromatic nitrogens is 1. The van der Waals surface area contributed by atoms with Crippen LogP contribution in [0.25, 0.3) is 11.3 Å². The number of ether oxygens (including phenoxy) is 3. The van der Waals surface area contributed by atoms with Crippen LogP contribution in [0.2, 0.25) is 0 Å². The van der Waals surface area contributed by atoms with Crippen molar-refractivity contribution in [2.75, 3.05) is 47.0 Å². The molecule has 284 valence electrons. The summed E-state index contributed by atoms with van der Waals surface area (Å²) in [4.78, 5) is 69.2. The Morgan fingerprint density at radius 1 is 0.870 bits per heavy atom. The maximum atomic E-state index is 14.1. The lowest BCUT2D eigenvalue weighted by atomic mass is 10.0. The fourth-order valence-corrected chi connectivity index (χ4v) is 5.82. The minimum atomic E-state index is -1.05. The smallest absolute Gasteiger partial charge is 0.260 e. The number of methoxy groups -OCH3 is 2. The van der Waals surface area contributed by atoms with Crippen molar-refractivity contribution in [3.63, 3.8) is 0 Å². The summed E-state index contributed by atoms with van der Waals surface area (Å²) in [6.45, 7) is 3.03. The number of rotatable bonds is 6. The summed E-state index contributed by atoms with van der Waals surface area (Å²) in [7, 11) is 2.83. The monoisotopic (exact) mass is 740 g/mol. The maximum Gasteiger partial charge on any atom is 0.260 e. The quantitative estimate of drug-likeness (QED) is 0.214. The molecule has 0 fully saturated rings. The van der Waals surface area contributed by atoms with Crippen LogP contribution in [-0.2, 0) is 20.8 Å². The van der Waals surface area contributed by atoms with Crippen LogP contribution in [-0.4, -0.2) is 98.7 Å². The van der Waals surface area contributed by atoms with Crippen LogP contribution in [0.1, 0.15) is 45.4 Å². The Balaban J connectivity index is 1.44. The van der Waals surface area contributed by atoms with E-state index in [1.807, 2.05) is 48.5 Å². The van der Waals surface area contributed by atoms with Crippen molar-refractivity contribution >= 4 is 29.5 Å². The number of fused-ring (bicyclic) bond motifs is 19. The molecule has 0 radical (unpaired) electrons. The molecule has 15 heteroatoms. The number of carbonyl (C=O) groups excluding carboxylic acids is 5. The maximum absolute atomic E-state index is 14.1. The molecule has 3 aromatic carbocycles. The lowest BCUT2D eigenvalue weighted by molar-refractivity contribution is -0.129. The van der Waals surface area contributed by atoms with Gasteiger partial charge in [0, 0.05) is 37.2 Å². The van der Waals surface area contributed by atoms with Gasteiger partial charge in [-0.25, -0.2) is 0 Å². The first-order valence-electron chi connectivity index (χ1n) is 17.5. The molecule has 0 saturated carbocycles. The number of nitrogens with one attached hydrogen (secondary N) is 4. The van der Waals surface area contributed by atoms with Gasteiger partial charge < -0.3 is 44.9 Å². The van der Waals surface area contributed by atoms with E-state index in [0.29, 0.717) is 17.7 Å². The van der Waals surface area contributed by atoms with Crippen molar-refractivity contribution in [3.8, 4) is 28.5 Å². The Bertz CT molecular complexity index is 1930. The summed E-state index contributed by atoms with van der Waals surface area (Å²) in [6.07, 6.45) is 0.517. The van der Waals surface area contributed by atoms with Gasteiger partial charge in [0.25, 0.3) is 11.8 Å². The summed E-state index contributed by atoms with van der Waals surface area (Å²) in [5.41, 5.74) is 2.10. The summed E-state index contributed by atoms with van der Waals surface area (Å²) < 4.78 is 22.4. The standard InChI is InChI=1S/C39H44N6O9/c1-24-36(47)43-29(20-26-12-7-5-8-13-26)38(49)41-17-18-45(39(50)33-25(2)54-44-34(33)27-14-9-6-10-15-27)23-32(46)40-16-11-19-53-35-30(51-3)21-28(37(48)42-24)22-31(35)52-4/h5-10,12-15,21-22,24,29H,11,16-20,23H2,1-4H3,(H,40,46)(H,41,49)(H,42,48)(H,43,47)/t24-,29+/m0/s1. The predicted molar refractivity (Wildman–Crippen MR) is 197 cm³/mol. The van der Waals surface area contributed by atoms with E-state index in [4.69, 9.17) is 18.7 Å². The zero-order valence-electron chi connectivity index (χ0n) is 30.6. The molecule has 3 heterocycles. The molecule has 15 nitrogen and oxygen atoms in total. The number of aryl methyl sites for hydroxylation is 1. The first-order chi connectivity index (χ1) is 26.1. The van der Waals surface area contributed by atoms with E-state index < -0.39 is 41.6 Å². The topological polar surface area (TPSA) is 190 Å². The normalized spacial score (nSPS) is 17.8. The van der Waals surface area contributed by atoms with Crippen LogP contribution >= 0.6 is 0 Å². The van der Waals surface area contributed by atoms with Crippen molar-refractivity contribution in [1.29, 1.82) is 0 Å². The van der Waals surface area contributed by atoms with Crippen molar-refractivity contribution in [2.24, 2.45) is 0 Å². The van der Waals surface area contributed by atoms with E-state index in [-0.39, 0.29) is 73.3 Å². The Hall–Kier alpha value is -6.38. The molecule has 5 amide bonds. The minimum Gasteiger partial charge on any atom is -0.493 e. The Kier molecular flexibility index (Phi) is 13.2. The van der Waals surface area contributed by atoms with Gasteiger partial charge in [0.15, 0.2) is 11.5 Å². The first kappa shape index (κ1) is 38.8. The van der Waals surface area contributed by atoms with Crippen LogP contribution < -0.4 is 35.5 Å². The van der Waals surface area contributed by atoms with Crippen LogP contribution in [0.4, 0.5) is 0 Å². The highest BCUT2D eigenvalue weighted by Gasteiger charge is 2.29. The number of amides is 5. The number of benzene rings is 3. The molecule has 2 aliphatic rings. The molecule has 4 N–H and O–H groups in total. The largest absolute Gasteiger partial charge is 0.493 e. The van der Waals surface area contributed by atoms with Gasteiger partial charge in [-0.1, -0.05) is 65.8 Å². The second-order valence-electron chi connectivity index (χ2n) is 12.6. The zero-order valence-corrected chi connectivity index (χ0v) is 30.6. The molecular weight excluding hydrogens is 696 g/mol. The highest BCUT2D eigenvalue weighted by Crippen LogP contribution is 2.38. The summed E-state index contributed by atoms with van der Waals surface area (Å²) in [5, 5.41) is 15.2. The summed E-state index contributed by atoms with van der Waals surface area (Å²) in [5.74, 6) is -1.72. The molecule has 2 aliphatic heterocycles. The molecule has 0 unspecified atom stereocenters. The van der Waals surface area contributed by atoms with Gasteiger partial charge in [0.2, 0.25) is 23.5 Å². The van der Waals surface area contributed by atoms with Crippen LogP contribution in [0.3, 0.4) is 0 Å². The Morgan fingerprint density at radius 2 is 1.54 bits per heavy atom. The van der Waals surface area contributed by atoms with Gasteiger partial charge in [-0.15, -0.1) is 0 Å². The van der Waals surface area contributed by atoms with E-state index in [1.165, 1.54) is 38.2 Å². The molecule has 2 atom stereocenters. The third-order valence-electron chi connectivity index (χ3n) is 8.70. The lowest BCUT2D eigenvalue weighted by Gasteiger charge is -2.25. The SMILES string of the molecule is COc1cc2cc(OC)c1OCCCNC(=O)CN(C(=O)c1c(-c3ccccc3)noc1C)CCNC(=O)[C@@H](Cc1ccccc1)NC(=O)[C@H](C)NC2=O. The van der Waals surface area contributed by atoms with Crippen molar-refractivity contribution in [2.45, 2.75) is 38.8 Å². The second kappa shape index (κ2) is 18.4. The molecule has 4 aromatic rings. The molecule has 6 rings (SSSR count). The molecular formula is C39H44N6O9. The molecule has 0 aliphatic carbocycles. The fourth-order valence-electron chi connectivity index (χ4n) is 5.82.